The van der Waals surface area contributed by atoms with Crippen LogP contribution in [0.1, 0.15) is 44.1 Å². The number of piperidine rings is 1. The van der Waals surface area contributed by atoms with E-state index in [4.69, 9.17) is 9.47 Å². The van der Waals surface area contributed by atoms with Crippen LogP contribution >= 0.6 is 0 Å². The highest BCUT2D eigenvalue weighted by Crippen LogP contribution is 2.28. The molecule has 4 N–H and O–H groups in total. The number of hydrogen-bond acceptors (Lipinski definition) is 7. The molecule has 1 heterocycles. The number of nitrogens with zero attached hydrogens (tertiary/aromatic N) is 1. The lowest BCUT2D eigenvalue weighted by Crippen LogP contribution is -2.40. The van der Waals surface area contributed by atoms with Crippen LogP contribution in [0.25, 0.3) is 11.1 Å². The first-order valence-electron chi connectivity index (χ1n) is 15.7. The molecule has 0 unspecified atom stereocenters. The number of methoxy groups -OCH3 is 1. The van der Waals surface area contributed by atoms with E-state index >= 15 is 0 Å². The number of carbonyl (C=O) groups is 2. The number of anilines is 1. The van der Waals surface area contributed by atoms with Crippen LogP contribution in [0.2, 0.25) is 0 Å². The summed E-state index contributed by atoms with van der Waals surface area (Å²) in [4.78, 5) is 27.2. The van der Waals surface area contributed by atoms with Gasteiger partial charge in [-0.15, -0.1) is 0 Å². The molecule has 0 saturated carbocycles. The molecule has 0 bridgehead atoms. The van der Waals surface area contributed by atoms with E-state index in [1.807, 2.05) is 66.7 Å². The van der Waals surface area contributed by atoms with Gasteiger partial charge < -0.3 is 30.1 Å². The standard InChI is InChI=1S/C35H46N4O5/c1-43-33-26-27(14-15-32(33)40)16-22-36-20-8-3-9-21-37-34(41)19-25-39-23-17-29(18-24-39)44-35(42)38-31-13-7-6-12-30(31)28-10-4-2-5-11-28/h2,4-7,10-15,26,29,36,40H,3,8-9,16-25H2,1H3,(H,37,41)(H,38,42). The number of unbranched alkanes of at least 4 members (excludes halogenated alkanes) is 2. The van der Waals surface area contributed by atoms with Gasteiger partial charge in [-0.3, -0.25) is 10.1 Å². The van der Waals surface area contributed by atoms with Crippen LogP contribution in [0.15, 0.2) is 72.8 Å². The van der Waals surface area contributed by atoms with Crippen LogP contribution in [-0.2, 0) is 16.0 Å². The van der Waals surface area contributed by atoms with Crippen LogP contribution in [0, 0.1) is 0 Å². The molecule has 236 valence electrons. The molecule has 1 fully saturated rings. The number of phenolic OH excluding ortho intramolecular Hbond substituents is 1. The third kappa shape index (κ3) is 10.9. The van der Waals surface area contributed by atoms with Gasteiger partial charge in [-0.25, -0.2) is 4.79 Å². The van der Waals surface area contributed by atoms with Crippen molar-refractivity contribution in [3.05, 3.63) is 78.4 Å². The second kappa shape index (κ2) is 17.9. The normalized spacial score (nSPS) is 13.8. The van der Waals surface area contributed by atoms with Crippen molar-refractivity contribution in [1.29, 1.82) is 0 Å². The van der Waals surface area contributed by atoms with Crippen molar-refractivity contribution in [3.8, 4) is 22.6 Å². The van der Waals surface area contributed by atoms with Crippen LogP contribution < -0.4 is 20.7 Å². The molecular weight excluding hydrogens is 556 g/mol. The number of rotatable bonds is 16. The number of ether oxygens (including phenoxy) is 2. The van der Waals surface area contributed by atoms with Crippen LogP contribution in [-0.4, -0.2) is 74.5 Å². The maximum atomic E-state index is 12.6. The van der Waals surface area contributed by atoms with Crippen LogP contribution in [0.3, 0.4) is 0 Å². The molecule has 44 heavy (non-hydrogen) atoms. The molecule has 9 heteroatoms. The first-order valence-corrected chi connectivity index (χ1v) is 15.7. The van der Waals surface area contributed by atoms with E-state index < -0.39 is 6.09 Å². The van der Waals surface area contributed by atoms with Crippen molar-refractivity contribution in [2.24, 2.45) is 0 Å². The maximum Gasteiger partial charge on any atom is 0.411 e. The first-order chi connectivity index (χ1) is 21.5. The SMILES string of the molecule is COc1cc(CCNCCCCCNC(=O)CCN2CCC(OC(=O)Nc3ccccc3-c3ccccc3)CC2)ccc1O. The molecule has 1 aliphatic rings. The van der Waals surface area contributed by atoms with Gasteiger partial charge in [-0.1, -0.05) is 61.0 Å². The first kappa shape index (κ1) is 32.8. The molecule has 0 atom stereocenters. The van der Waals surface area contributed by atoms with Crippen molar-refractivity contribution in [2.75, 3.05) is 51.7 Å². The highest BCUT2D eigenvalue weighted by molar-refractivity contribution is 5.91. The van der Waals surface area contributed by atoms with E-state index in [0.717, 1.165) is 87.1 Å². The van der Waals surface area contributed by atoms with E-state index in [1.165, 1.54) is 0 Å². The number of likely N-dealkylation sites (tertiary alicyclic amines) is 1. The Morgan fingerprint density at radius 2 is 1.66 bits per heavy atom. The molecule has 3 aromatic rings. The van der Waals surface area contributed by atoms with E-state index in [-0.39, 0.29) is 17.8 Å². The monoisotopic (exact) mass is 602 g/mol. The number of carbonyl (C=O) groups excluding carboxylic acids is 2. The summed E-state index contributed by atoms with van der Waals surface area (Å²) in [6.07, 6.45) is 5.38. The molecule has 0 aromatic heterocycles. The average molecular weight is 603 g/mol. The van der Waals surface area contributed by atoms with Gasteiger partial charge in [0.2, 0.25) is 5.91 Å². The van der Waals surface area contributed by atoms with Crippen LogP contribution in [0.4, 0.5) is 10.5 Å². The van der Waals surface area contributed by atoms with Gasteiger partial charge in [0.1, 0.15) is 6.10 Å². The fourth-order valence-corrected chi connectivity index (χ4v) is 5.37. The Kier molecular flexibility index (Phi) is 13.4. The van der Waals surface area contributed by atoms with Gasteiger partial charge in [0.05, 0.1) is 12.8 Å². The minimum Gasteiger partial charge on any atom is -0.504 e. The molecule has 1 aliphatic heterocycles. The summed E-state index contributed by atoms with van der Waals surface area (Å²) in [6.45, 7) is 4.82. The van der Waals surface area contributed by atoms with Gasteiger partial charge >= 0.3 is 6.09 Å². The predicted molar refractivity (Wildman–Crippen MR) is 174 cm³/mol. The number of benzene rings is 3. The number of aromatic hydroxyl groups is 1. The zero-order chi connectivity index (χ0) is 31.0. The van der Waals surface area contributed by atoms with Crippen molar-refractivity contribution in [3.63, 3.8) is 0 Å². The summed E-state index contributed by atoms with van der Waals surface area (Å²) < 4.78 is 10.9. The summed E-state index contributed by atoms with van der Waals surface area (Å²) in [5, 5.41) is 19.1. The summed E-state index contributed by atoms with van der Waals surface area (Å²) >= 11 is 0. The second-order valence-corrected chi connectivity index (χ2v) is 11.1. The number of amides is 2. The quantitative estimate of drug-likeness (QED) is 0.158. The molecule has 0 aliphatic carbocycles. The van der Waals surface area contributed by atoms with Crippen molar-refractivity contribution < 1.29 is 24.2 Å². The van der Waals surface area contributed by atoms with Crippen molar-refractivity contribution in [1.82, 2.24) is 15.5 Å². The molecule has 0 radical (unpaired) electrons. The van der Waals surface area contributed by atoms with Gasteiger partial charge in [-0.05, 0) is 74.5 Å². The Balaban J connectivity index is 1.01. The number of para-hydroxylation sites is 1. The van der Waals surface area contributed by atoms with Crippen molar-refractivity contribution in [2.45, 2.75) is 51.0 Å². The number of nitrogens with one attached hydrogen (secondary N) is 3. The molecule has 1 saturated heterocycles. The zero-order valence-electron chi connectivity index (χ0n) is 25.7. The van der Waals surface area contributed by atoms with Gasteiger partial charge in [-0.2, -0.15) is 0 Å². The number of hydrogen-bond donors (Lipinski definition) is 4. The molecule has 4 rings (SSSR count). The van der Waals surface area contributed by atoms with E-state index in [0.29, 0.717) is 25.3 Å². The maximum absolute atomic E-state index is 12.6. The largest absolute Gasteiger partial charge is 0.504 e. The summed E-state index contributed by atoms with van der Waals surface area (Å²) in [6, 6.07) is 23.1. The Hall–Kier alpha value is -4.08. The highest BCUT2D eigenvalue weighted by atomic mass is 16.6. The van der Waals surface area contributed by atoms with E-state index in [1.54, 1.807) is 13.2 Å². The van der Waals surface area contributed by atoms with Crippen molar-refractivity contribution >= 4 is 17.7 Å². The Morgan fingerprint density at radius 1 is 0.909 bits per heavy atom. The summed E-state index contributed by atoms with van der Waals surface area (Å²) in [5.41, 5.74) is 3.84. The molecule has 3 aromatic carbocycles. The lowest BCUT2D eigenvalue weighted by atomic mass is 10.0. The van der Waals surface area contributed by atoms with Gasteiger partial charge in [0.15, 0.2) is 11.5 Å². The smallest absolute Gasteiger partial charge is 0.411 e. The average Bonchev–Trinajstić information content (AvgIpc) is 3.05. The third-order valence-corrected chi connectivity index (χ3v) is 7.90. The lowest BCUT2D eigenvalue weighted by Gasteiger charge is -2.31. The van der Waals surface area contributed by atoms with E-state index in [9.17, 15) is 14.7 Å². The summed E-state index contributed by atoms with van der Waals surface area (Å²) in [7, 11) is 1.55. The fraction of sp³-hybridized carbons (Fsp3) is 0.429. The highest BCUT2D eigenvalue weighted by Gasteiger charge is 2.23. The fourth-order valence-electron chi connectivity index (χ4n) is 5.37. The topological polar surface area (TPSA) is 112 Å². The minimum absolute atomic E-state index is 0.0854. The minimum atomic E-state index is -0.433. The van der Waals surface area contributed by atoms with Crippen LogP contribution in [0.5, 0.6) is 11.5 Å². The summed E-state index contributed by atoms with van der Waals surface area (Å²) in [5.74, 6) is 0.747. The molecule has 0 spiro atoms. The number of phenols is 1. The Morgan fingerprint density at radius 3 is 2.45 bits per heavy atom. The predicted octanol–water partition coefficient (Wildman–Crippen LogP) is 5.59. The molecule has 2 amide bonds. The lowest BCUT2D eigenvalue weighted by molar-refractivity contribution is -0.121. The second-order valence-electron chi connectivity index (χ2n) is 11.1. The van der Waals surface area contributed by atoms with E-state index in [2.05, 4.69) is 20.9 Å². The Labute approximate surface area is 260 Å². The van der Waals surface area contributed by atoms with Gasteiger partial charge in [0, 0.05) is 38.2 Å². The zero-order valence-corrected chi connectivity index (χ0v) is 25.7. The molecular formula is C35H46N4O5. The third-order valence-electron chi connectivity index (χ3n) is 7.90. The Bertz CT molecular complexity index is 1310. The molecule has 9 nitrogen and oxygen atoms in total. The van der Waals surface area contributed by atoms with Gasteiger partial charge in [0.25, 0.3) is 0 Å².